The predicted octanol–water partition coefficient (Wildman–Crippen LogP) is 2.78. The molecule has 0 radical (unpaired) electrons. The van der Waals surface area contributed by atoms with Crippen molar-refractivity contribution in [3.8, 4) is 11.5 Å². The SMILES string of the molecule is Cc1ccnc(CCn2ccc(-c3nnc(C(F)F)o3)cc2=O)c1. The van der Waals surface area contributed by atoms with Gasteiger partial charge in [0.15, 0.2) is 0 Å². The molecule has 0 fully saturated rings. The van der Waals surface area contributed by atoms with E-state index in [1.165, 1.54) is 10.6 Å². The molecular weight excluding hydrogens is 318 g/mol. The van der Waals surface area contributed by atoms with Crippen molar-refractivity contribution in [2.45, 2.75) is 26.3 Å². The summed E-state index contributed by atoms with van der Waals surface area (Å²) in [5.74, 6) is -0.866. The molecule has 0 saturated heterocycles. The van der Waals surface area contributed by atoms with Gasteiger partial charge in [-0.15, -0.1) is 10.2 Å². The molecule has 0 saturated carbocycles. The Morgan fingerprint density at radius 3 is 2.75 bits per heavy atom. The molecule has 24 heavy (non-hydrogen) atoms. The fourth-order valence-electron chi connectivity index (χ4n) is 2.24. The lowest BCUT2D eigenvalue weighted by molar-refractivity contribution is 0.116. The summed E-state index contributed by atoms with van der Waals surface area (Å²) in [6.45, 7) is 2.44. The van der Waals surface area contributed by atoms with Crippen molar-refractivity contribution < 1.29 is 13.2 Å². The van der Waals surface area contributed by atoms with E-state index in [2.05, 4.69) is 15.2 Å². The van der Waals surface area contributed by atoms with Crippen LogP contribution in [0.15, 0.2) is 45.9 Å². The summed E-state index contributed by atoms with van der Waals surface area (Å²) in [5, 5.41) is 6.77. The summed E-state index contributed by atoms with van der Waals surface area (Å²) in [4.78, 5) is 16.4. The quantitative estimate of drug-likeness (QED) is 0.718. The van der Waals surface area contributed by atoms with Crippen LogP contribution in [0, 0.1) is 6.92 Å². The molecule has 0 atom stereocenters. The lowest BCUT2D eigenvalue weighted by Gasteiger charge is -2.06. The Balaban J connectivity index is 1.76. The lowest BCUT2D eigenvalue weighted by atomic mass is 10.2. The van der Waals surface area contributed by atoms with Gasteiger partial charge in [0.25, 0.3) is 11.4 Å². The molecule has 3 rings (SSSR count). The number of aryl methyl sites for hydroxylation is 3. The number of rotatable bonds is 5. The van der Waals surface area contributed by atoms with E-state index in [1.54, 1.807) is 18.5 Å². The molecule has 3 heterocycles. The number of hydrogen-bond donors (Lipinski definition) is 0. The van der Waals surface area contributed by atoms with E-state index in [0.717, 1.165) is 11.3 Å². The molecule has 8 heteroatoms. The molecular formula is C16H14F2N4O2. The maximum Gasteiger partial charge on any atom is 0.314 e. The molecule has 0 aromatic carbocycles. The highest BCUT2D eigenvalue weighted by Crippen LogP contribution is 2.22. The van der Waals surface area contributed by atoms with Crippen LogP contribution in [0.1, 0.15) is 23.6 Å². The van der Waals surface area contributed by atoms with Crippen molar-refractivity contribution >= 4 is 0 Å². The van der Waals surface area contributed by atoms with E-state index in [1.807, 2.05) is 19.1 Å². The molecule has 3 aromatic rings. The van der Waals surface area contributed by atoms with Crippen LogP contribution in [0.25, 0.3) is 11.5 Å². The highest BCUT2D eigenvalue weighted by Gasteiger charge is 2.17. The highest BCUT2D eigenvalue weighted by atomic mass is 19.3. The summed E-state index contributed by atoms with van der Waals surface area (Å²) in [6, 6.07) is 6.73. The minimum absolute atomic E-state index is 0.102. The highest BCUT2D eigenvalue weighted by molar-refractivity contribution is 5.50. The first-order valence-electron chi connectivity index (χ1n) is 7.27. The van der Waals surface area contributed by atoms with Crippen LogP contribution in [-0.4, -0.2) is 19.7 Å². The van der Waals surface area contributed by atoms with Crippen molar-refractivity contribution in [1.29, 1.82) is 0 Å². The number of pyridine rings is 2. The van der Waals surface area contributed by atoms with E-state index < -0.39 is 12.3 Å². The molecule has 0 spiro atoms. The van der Waals surface area contributed by atoms with Gasteiger partial charge in [-0.1, -0.05) is 0 Å². The summed E-state index contributed by atoms with van der Waals surface area (Å²) < 4.78 is 31.3. The van der Waals surface area contributed by atoms with E-state index in [-0.39, 0.29) is 11.4 Å². The molecule has 0 bridgehead atoms. The smallest absolute Gasteiger partial charge is 0.314 e. The molecule has 0 amide bonds. The minimum Gasteiger partial charge on any atom is -0.415 e. The first kappa shape index (κ1) is 16.0. The topological polar surface area (TPSA) is 73.8 Å². The van der Waals surface area contributed by atoms with Gasteiger partial charge in [-0.2, -0.15) is 8.78 Å². The Bertz CT molecular complexity index is 905. The van der Waals surface area contributed by atoms with Gasteiger partial charge in [0.1, 0.15) is 0 Å². The molecule has 124 valence electrons. The normalized spacial score (nSPS) is 11.2. The fraction of sp³-hybridized carbons (Fsp3) is 0.250. The number of aromatic nitrogens is 4. The van der Waals surface area contributed by atoms with Crippen molar-refractivity contribution in [3.05, 3.63) is 64.2 Å². The van der Waals surface area contributed by atoms with E-state index in [0.29, 0.717) is 18.5 Å². The van der Waals surface area contributed by atoms with Crippen molar-refractivity contribution in [2.24, 2.45) is 0 Å². The first-order chi connectivity index (χ1) is 11.5. The van der Waals surface area contributed by atoms with Crippen molar-refractivity contribution in [3.63, 3.8) is 0 Å². The van der Waals surface area contributed by atoms with Gasteiger partial charge in [0.2, 0.25) is 5.89 Å². The zero-order chi connectivity index (χ0) is 17.1. The Labute approximate surface area is 135 Å². The second-order valence-corrected chi connectivity index (χ2v) is 5.27. The lowest BCUT2D eigenvalue weighted by Crippen LogP contribution is -2.19. The van der Waals surface area contributed by atoms with E-state index in [4.69, 9.17) is 4.42 Å². The third-order valence-corrected chi connectivity index (χ3v) is 3.45. The summed E-state index contributed by atoms with van der Waals surface area (Å²) in [7, 11) is 0. The Morgan fingerprint density at radius 2 is 2.08 bits per heavy atom. The molecule has 0 aliphatic carbocycles. The standard InChI is InChI=1S/C16H14F2N4O2/c1-10-2-5-19-12(8-10)4-7-22-6-3-11(9-13(22)23)15-20-21-16(24-15)14(17)18/h2-3,5-6,8-9,14H,4,7H2,1H3. The minimum atomic E-state index is -2.84. The zero-order valence-corrected chi connectivity index (χ0v) is 12.8. The molecule has 0 aliphatic heterocycles. The fourth-order valence-corrected chi connectivity index (χ4v) is 2.24. The molecule has 0 aliphatic rings. The summed E-state index contributed by atoms with van der Waals surface area (Å²) in [6.07, 6.45) is 1.07. The zero-order valence-electron chi connectivity index (χ0n) is 12.8. The third-order valence-electron chi connectivity index (χ3n) is 3.45. The largest absolute Gasteiger partial charge is 0.415 e. The monoisotopic (exact) mass is 332 g/mol. The average Bonchev–Trinajstić information content (AvgIpc) is 3.04. The van der Waals surface area contributed by atoms with Crippen LogP contribution in [0.5, 0.6) is 0 Å². The summed E-state index contributed by atoms with van der Waals surface area (Å²) in [5.41, 5.74) is 2.03. The van der Waals surface area contributed by atoms with Crippen LogP contribution in [0.3, 0.4) is 0 Å². The third kappa shape index (κ3) is 3.53. The Morgan fingerprint density at radius 1 is 1.25 bits per heavy atom. The van der Waals surface area contributed by atoms with Crippen LogP contribution in [-0.2, 0) is 13.0 Å². The number of alkyl halides is 2. The van der Waals surface area contributed by atoms with E-state index >= 15 is 0 Å². The van der Waals surface area contributed by atoms with Gasteiger partial charge in [-0.3, -0.25) is 9.78 Å². The summed E-state index contributed by atoms with van der Waals surface area (Å²) >= 11 is 0. The molecule has 0 N–H and O–H groups in total. The van der Waals surface area contributed by atoms with Gasteiger partial charge >= 0.3 is 6.43 Å². The van der Waals surface area contributed by atoms with Gasteiger partial charge in [0.05, 0.1) is 0 Å². The Kier molecular flexibility index (Phi) is 4.45. The van der Waals surface area contributed by atoms with Gasteiger partial charge in [-0.25, -0.2) is 0 Å². The van der Waals surface area contributed by atoms with Crippen LogP contribution >= 0.6 is 0 Å². The van der Waals surface area contributed by atoms with Crippen molar-refractivity contribution in [2.75, 3.05) is 0 Å². The van der Waals surface area contributed by atoms with Crippen LogP contribution in [0.4, 0.5) is 8.78 Å². The predicted molar refractivity (Wildman–Crippen MR) is 81.6 cm³/mol. The number of hydrogen-bond acceptors (Lipinski definition) is 5. The second-order valence-electron chi connectivity index (χ2n) is 5.27. The number of halogens is 2. The average molecular weight is 332 g/mol. The molecule has 3 aromatic heterocycles. The maximum absolute atomic E-state index is 12.5. The van der Waals surface area contributed by atoms with Gasteiger partial charge < -0.3 is 8.98 Å². The maximum atomic E-state index is 12.5. The molecule has 0 unspecified atom stereocenters. The van der Waals surface area contributed by atoms with Crippen LogP contribution < -0.4 is 5.56 Å². The Hall–Kier alpha value is -2.90. The van der Waals surface area contributed by atoms with Gasteiger partial charge in [0, 0.05) is 42.7 Å². The van der Waals surface area contributed by atoms with E-state index in [9.17, 15) is 13.6 Å². The number of nitrogens with zero attached hydrogens (tertiary/aromatic N) is 4. The van der Waals surface area contributed by atoms with Gasteiger partial charge in [-0.05, 0) is 30.7 Å². The first-order valence-corrected chi connectivity index (χ1v) is 7.27. The van der Waals surface area contributed by atoms with Crippen LogP contribution in [0.2, 0.25) is 0 Å². The van der Waals surface area contributed by atoms with Crippen molar-refractivity contribution in [1.82, 2.24) is 19.7 Å². The molecule has 6 nitrogen and oxygen atoms in total. The second kappa shape index (κ2) is 6.69.